The third kappa shape index (κ3) is 2.59. The summed E-state index contributed by atoms with van der Waals surface area (Å²) in [7, 11) is 0. The largest absolute Gasteiger partial charge is 0.339 e. The van der Waals surface area contributed by atoms with Crippen molar-refractivity contribution in [3.8, 4) is 0 Å². The number of rotatable bonds is 2. The summed E-state index contributed by atoms with van der Waals surface area (Å²) in [4.78, 5) is 7.66. The van der Waals surface area contributed by atoms with E-state index in [2.05, 4.69) is 15.3 Å². The van der Waals surface area contributed by atoms with Crippen LogP contribution in [0, 0.1) is 5.82 Å². The first-order valence-corrected chi connectivity index (χ1v) is 5.11. The summed E-state index contributed by atoms with van der Waals surface area (Å²) in [6.45, 7) is 0. The summed E-state index contributed by atoms with van der Waals surface area (Å²) in [5.74, 6) is 0.102. The quantitative estimate of drug-likeness (QED) is 0.835. The van der Waals surface area contributed by atoms with Gasteiger partial charge in [0.15, 0.2) is 0 Å². The van der Waals surface area contributed by atoms with Gasteiger partial charge in [0.2, 0.25) is 5.28 Å². The highest BCUT2D eigenvalue weighted by atomic mass is 35.5. The van der Waals surface area contributed by atoms with Crippen molar-refractivity contribution in [3.63, 3.8) is 0 Å². The molecule has 82 valence electrons. The third-order valence-electron chi connectivity index (χ3n) is 1.82. The molecule has 0 unspecified atom stereocenters. The number of aromatic nitrogens is 2. The SMILES string of the molecule is Fc1ccc(Nc2ccnc(Cl)n2)c(Cl)c1. The van der Waals surface area contributed by atoms with Crippen LogP contribution in [0.1, 0.15) is 0 Å². The van der Waals surface area contributed by atoms with Crippen LogP contribution in [0.2, 0.25) is 10.3 Å². The average Bonchev–Trinajstić information content (AvgIpc) is 2.22. The van der Waals surface area contributed by atoms with Gasteiger partial charge in [-0.15, -0.1) is 0 Å². The second kappa shape index (κ2) is 4.63. The summed E-state index contributed by atoms with van der Waals surface area (Å²) in [6.07, 6.45) is 1.51. The Bertz CT molecular complexity index is 519. The maximum Gasteiger partial charge on any atom is 0.224 e. The van der Waals surface area contributed by atoms with Crippen molar-refractivity contribution in [1.29, 1.82) is 0 Å². The van der Waals surface area contributed by atoms with Crippen molar-refractivity contribution in [1.82, 2.24) is 9.97 Å². The maximum absolute atomic E-state index is 12.8. The molecule has 0 spiro atoms. The van der Waals surface area contributed by atoms with E-state index in [1.165, 1.54) is 24.4 Å². The van der Waals surface area contributed by atoms with Crippen molar-refractivity contribution < 1.29 is 4.39 Å². The smallest absolute Gasteiger partial charge is 0.224 e. The van der Waals surface area contributed by atoms with Crippen LogP contribution in [0.5, 0.6) is 0 Å². The lowest BCUT2D eigenvalue weighted by molar-refractivity contribution is 0.628. The van der Waals surface area contributed by atoms with Crippen molar-refractivity contribution in [2.24, 2.45) is 0 Å². The predicted octanol–water partition coefficient (Wildman–Crippen LogP) is 3.67. The normalized spacial score (nSPS) is 10.2. The molecule has 0 aliphatic heterocycles. The molecule has 0 atom stereocenters. The number of benzene rings is 1. The lowest BCUT2D eigenvalue weighted by Gasteiger charge is -2.07. The lowest BCUT2D eigenvalue weighted by Crippen LogP contribution is -1.95. The molecule has 1 N–H and O–H groups in total. The van der Waals surface area contributed by atoms with Crippen molar-refractivity contribution >= 4 is 34.7 Å². The van der Waals surface area contributed by atoms with Gasteiger partial charge >= 0.3 is 0 Å². The van der Waals surface area contributed by atoms with Gasteiger partial charge in [-0.3, -0.25) is 0 Å². The van der Waals surface area contributed by atoms with E-state index in [0.717, 1.165) is 0 Å². The van der Waals surface area contributed by atoms with Gasteiger partial charge in [0.1, 0.15) is 11.6 Å². The second-order valence-corrected chi connectivity index (χ2v) is 3.71. The van der Waals surface area contributed by atoms with E-state index in [9.17, 15) is 4.39 Å². The van der Waals surface area contributed by atoms with Crippen molar-refractivity contribution in [2.45, 2.75) is 0 Å². The van der Waals surface area contributed by atoms with Crippen LogP contribution in [0.15, 0.2) is 30.5 Å². The van der Waals surface area contributed by atoms with Crippen molar-refractivity contribution in [2.75, 3.05) is 5.32 Å². The zero-order valence-corrected chi connectivity index (χ0v) is 9.43. The minimum Gasteiger partial charge on any atom is -0.339 e. The summed E-state index contributed by atoms with van der Waals surface area (Å²) in [5.41, 5.74) is 0.554. The maximum atomic E-state index is 12.8. The van der Waals surface area contributed by atoms with Crippen LogP contribution < -0.4 is 5.32 Å². The Balaban J connectivity index is 2.27. The lowest BCUT2D eigenvalue weighted by atomic mass is 10.3. The van der Waals surface area contributed by atoms with Crippen LogP contribution in [0.4, 0.5) is 15.9 Å². The zero-order valence-electron chi connectivity index (χ0n) is 7.92. The fourth-order valence-corrected chi connectivity index (χ4v) is 1.50. The van der Waals surface area contributed by atoms with Gasteiger partial charge in [-0.1, -0.05) is 11.6 Å². The molecule has 0 saturated heterocycles. The molecule has 1 heterocycles. The van der Waals surface area contributed by atoms with Crippen LogP contribution in [0.25, 0.3) is 0 Å². The molecule has 0 amide bonds. The Morgan fingerprint density at radius 1 is 1.19 bits per heavy atom. The van der Waals surface area contributed by atoms with Gasteiger partial charge in [-0.05, 0) is 35.9 Å². The van der Waals surface area contributed by atoms with Crippen LogP contribution in [-0.4, -0.2) is 9.97 Å². The summed E-state index contributed by atoms with van der Waals surface area (Å²) >= 11 is 11.5. The summed E-state index contributed by atoms with van der Waals surface area (Å²) in [6, 6.07) is 5.67. The monoisotopic (exact) mass is 257 g/mol. The van der Waals surface area contributed by atoms with E-state index in [-0.39, 0.29) is 10.3 Å². The number of hydrogen-bond acceptors (Lipinski definition) is 3. The van der Waals surface area contributed by atoms with Crippen LogP contribution in [0.3, 0.4) is 0 Å². The summed E-state index contributed by atoms with van der Waals surface area (Å²) < 4.78 is 12.8. The van der Waals surface area contributed by atoms with Crippen LogP contribution >= 0.6 is 23.2 Å². The Labute approximate surface area is 101 Å². The molecular formula is C10H6Cl2FN3. The molecule has 1 aromatic heterocycles. The number of halogens is 3. The first-order valence-electron chi connectivity index (χ1n) is 4.36. The van der Waals surface area contributed by atoms with Gasteiger partial charge in [-0.25, -0.2) is 14.4 Å². The molecule has 6 heteroatoms. The highest BCUT2D eigenvalue weighted by molar-refractivity contribution is 6.33. The molecule has 16 heavy (non-hydrogen) atoms. The first-order chi connectivity index (χ1) is 7.65. The third-order valence-corrected chi connectivity index (χ3v) is 2.31. The minimum absolute atomic E-state index is 0.128. The Morgan fingerprint density at radius 3 is 2.69 bits per heavy atom. The van der Waals surface area contributed by atoms with Gasteiger partial charge < -0.3 is 5.32 Å². The molecule has 0 saturated carbocycles. The topological polar surface area (TPSA) is 37.8 Å². The van der Waals surface area contributed by atoms with Crippen molar-refractivity contribution in [3.05, 3.63) is 46.6 Å². The van der Waals surface area contributed by atoms with E-state index in [0.29, 0.717) is 11.5 Å². The second-order valence-electron chi connectivity index (χ2n) is 2.96. The number of nitrogens with one attached hydrogen (secondary N) is 1. The first kappa shape index (κ1) is 11.1. The molecule has 2 rings (SSSR count). The van der Waals surface area contributed by atoms with E-state index in [4.69, 9.17) is 23.2 Å². The highest BCUT2D eigenvalue weighted by Crippen LogP contribution is 2.25. The molecule has 3 nitrogen and oxygen atoms in total. The molecule has 2 aromatic rings. The fourth-order valence-electron chi connectivity index (χ4n) is 1.13. The van der Waals surface area contributed by atoms with Gasteiger partial charge in [0.25, 0.3) is 0 Å². The summed E-state index contributed by atoms with van der Waals surface area (Å²) in [5, 5.41) is 3.31. The van der Waals surface area contributed by atoms with Gasteiger partial charge in [0.05, 0.1) is 10.7 Å². The highest BCUT2D eigenvalue weighted by Gasteiger charge is 2.03. The van der Waals surface area contributed by atoms with Gasteiger partial charge in [0, 0.05) is 6.20 Å². The minimum atomic E-state index is -0.392. The molecule has 0 aliphatic carbocycles. The number of anilines is 2. The zero-order chi connectivity index (χ0) is 11.5. The molecule has 0 fully saturated rings. The number of nitrogens with zero attached hydrogens (tertiary/aromatic N) is 2. The van der Waals surface area contributed by atoms with E-state index < -0.39 is 5.82 Å². The molecular weight excluding hydrogens is 252 g/mol. The average molecular weight is 258 g/mol. The molecule has 0 bridgehead atoms. The van der Waals surface area contributed by atoms with E-state index in [1.807, 2.05) is 0 Å². The van der Waals surface area contributed by atoms with Gasteiger partial charge in [-0.2, -0.15) is 0 Å². The van der Waals surface area contributed by atoms with Crippen LogP contribution in [-0.2, 0) is 0 Å². The van der Waals surface area contributed by atoms with E-state index >= 15 is 0 Å². The molecule has 0 radical (unpaired) electrons. The Morgan fingerprint density at radius 2 is 2.00 bits per heavy atom. The Kier molecular flexibility index (Phi) is 3.22. The van der Waals surface area contributed by atoms with E-state index in [1.54, 1.807) is 6.07 Å². The molecule has 0 aliphatic rings. The number of hydrogen-bond donors (Lipinski definition) is 1. The Hall–Kier alpha value is -1.39. The predicted molar refractivity (Wildman–Crippen MR) is 61.7 cm³/mol. The fraction of sp³-hybridized carbons (Fsp3) is 0. The standard InChI is InChI=1S/C10H6Cl2FN3/c11-7-5-6(13)1-2-8(7)15-9-3-4-14-10(12)16-9/h1-5H,(H,14,15,16). The molecule has 1 aromatic carbocycles.